The highest BCUT2D eigenvalue weighted by Gasteiger charge is 2.58. The van der Waals surface area contributed by atoms with E-state index in [9.17, 15) is 19.0 Å². The highest BCUT2D eigenvalue weighted by Crippen LogP contribution is 2.69. The Balaban J connectivity index is 3.82. The first-order valence-corrected chi connectivity index (χ1v) is 11.8. The van der Waals surface area contributed by atoms with Crippen molar-refractivity contribution in [1.29, 1.82) is 0 Å². The van der Waals surface area contributed by atoms with Gasteiger partial charge in [-0.25, -0.2) is 0 Å². The van der Waals surface area contributed by atoms with Crippen molar-refractivity contribution in [2.24, 2.45) is 0 Å². The number of unbranched alkanes of at least 4 members (excludes halogenated alkanes) is 7. The van der Waals surface area contributed by atoms with Crippen LogP contribution in [0.3, 0.4) is 0 Å². The second-order valence-electron chi connectivity index (χ2n) is 6.48. The molecule has 0 aliphatic rings. The Labute approximate surface area is 154 Å². The van der Waals surface area contributed by atoms with E-state index in [1.54, 1.807) is 6.92 Å². The van der Waals surface area contributed by atoms with Crippen LogP contribution in [0.4, 0.5) is 0 Å². The molecule has 0 bridgehead atoms. The number of hydrogen-bond donors (Lipinski definition) is 6. The second kappa shape index (κ2) is 11.3. The second-order valence-corrected chi connectivity index (χ2v) is 10.5. The van der Waals surface area contributed by atoms with E-state index < -0.39 is 26.7 Å². The largest absolute Gasteiger partial charge is 0.369 e. The molecule has 0 fully saturated rings. The maximum Gasteiger partial charge on any atom is 0.369 e. The van der Waals surface area contributed by atoms with E-state index in [2.05, 4.69) is 11.9 Å². The maximum atomic E-state index is 11.2. The molecule has 0 aromatic heterocycles. The van der Waals surface area contributed by atoms with Crippen molar-refractivity contribution in [2.45, 2.75) is 69.8 Å². The van der Waals surface area contributed by atoms with Crippen LogP contribution in [0.2, 0.25) is 0 Å². The Bertz CT molecular complexity index is 532. The zero-order chi connectivity index (χ0) is 20.4. The van der Waals surface area contributed by atoms with Crippen molar-refractivity contribution in [3.63, 3.8) is 0 Å². The lowest BCUT2D eigenvalue weighted by molar-refractivity contribution is -0.117. The Morgan fingerprint density at radius 2 is 1.27 bits per heavy atom. The number of hydrogen-bond acceptors (Lipinski definition) is 4. The Hall–Kier alpha value is -0.530. The molecule has 0 radical (unpaired) electrons. The summed E-state index contributed by atoms with van der Waals surface area (Å²) >= 11 is 0. The molecule has 11 heteroatoms. The van der Waals surface area contributed by atoms with Crippen LogP contribution in [0.15, 0.2) is 12.2 Å². The molecule has 0 atom stereocenters. The third-order valence-corrected chi connectivity index (χ3v) is 7.92. The zero-order valence-electron chi connectivity index (χ0n) is 15.1. The van der Waals surface area contributed by atoms with Gasteiger partial charge in [0.05, 0.1) is 0 Å². The quantitative estimate of drug-likeness (QED) is 0.143. The smallest absolute Gasteiger partial charge is 0.368 e. The summed E-state index contributed by atoms with van der Waals surface area (Å²) in [6, 6.07) is 0. The van der Waals surface area contributed by atoms with E-state index in [-0.39, 0.29) is 12.3 Å². The summed E-state index contributed by atoms with van der Waals surface area (Å²) in [7, 11) is -10.7. The fourth-order valence-electron chi connectivity index (χ4n) is 2.36. The molecule has 154 valence electrons. The molecule has 9 nitrogen and oxygen atoms in total. The average molecular weight is 415 g/mol. The zero-order valence-corrected chi connectivity index (χ0v) is 16.9. The molecule has 0 saturated carbocycles. The van der Waals surface area contributed by atoms with Crippen LogP contribution < -0.4 is 5.32 Å². The molecule has 0 heterocycles. The molecule has 6 N–H and O–H groups in total. The average Bonchev–Trinajstić information content (AvgIpc) is 2.49. The van der Waals surface area contributed by atoms with Crippen LogP contribution in [0, 0.1) is 0 Å². The lowest BCUT2D eigenvalue weighted by atomic mass is 10.1. The van der Waals surface area contributed by atoms with Crippen LogP contribution in [-0.4, -0.2) is 42.2 Å². The fourth-order valence-corrected chi connectivity index (χ4v) is 4.62. The van der Waals surface area contributed by atoms with E-state index in [1.165, 1.54) is 0 Å². The minimum absolute atomic E-state index is 0.111. The van der Waals surface area contributed by atoms with Gasteiger partial charge in [0.1, 0.15) is 0 Å². The van der Waals surface area contributed by atoms with Gasteiger partial charge < -0.3 is 30.0 Å². The maximum absolute atomic E-state index is 11.2. The van der Waals surface area contributed by atoms with Crippen molar-refractivity contribution in [3.05, 3.63) is 12.2 Å². The van der Waals surface area contributed by atoms with E-state index in [4.69, 9.17) is 19.6 Å². The summed E-state index contributed by atoms with van der Waals surface area (Å²) < 4.78 is 22.4. The molecule has 0 spiro atoms. The van der Waals surface area contributed by atoms with Crippen molar-refractivity contribution in [1.82, 2.24) is 5.32 Å². The molecule has 0 saturated heterocycles. The SMILES string of the molecule is C=C(C)C(=O)NCCCCCCCCCCC(O)(P(=O)(O)O)P(=O)(O)O. The summed E-state index contributed by atoms with van der Waals surface area (Å²) in [4.78, 5) is 47.3. The van der Waals surface area contributed by atoms with E-state index >= 15 is 0 Å². The molecule has 0 aliphatic carbocycles. The van der Waals surface area contributed by atoms with Gasteiger partial charge in [-0.3, -0.25) is 13.9 Å². The normalized spacial score (nSPS) is 12.8. The summed E-state index contributed by atoms with van der Waals surface area (Å²) in [5.41, 5.74) is 0.481. The highest BCUT2D eigenvalue weighted by molar-refractivity contribution is 7.72. The van der Waals surface area contributed by atoms with Gasteiger partial charge >= 0.3 is 15.2 Å². The Morgan fingerprint density at radius 3 is 1.65 bits per heavy atom. The van der Waals surface area contributed by atoms with Gasteiger partial charge in [-0.15, -0.1) is 0 Å². The molecule has 0 aromatic carbocycles. The third-order valence-electron chi connectivity index (χ3n) is 4.05. The summed E-state index contributed by atoms with van der Waals surface area (Å²) in [6.45, 7) is 5.80. The molecule has 0 rings (SSSR count). The van der Waals surface area contributed by atoms with E-state index in [0.717, 1.165) is 38.5 Å². The van der Waals surface area contributed by atoms with Crippen LogP contribution in [0.1, 0.15) is 64.7 Å². The van der Waals surface area contributed by atoms with E-state index in [1.807, 2.05) is 0 Å². The first kappa shape index (κ1) is 25.5. The molecule has 0 aliphatic heterocycles. The van der Waals surface area contributed by atoms with E-state index in [0.29, 0.717) is 18.5 Å². The predicted molar refractivity (Wildman–Crippen MR) is 98.4 cm³/mol. The summed E-state index contributed by atoms with van der Waals surface area (Å²) in [5.74, 6) is -0.143. The van der Waals surface area contributed by atoms with Crippen LogP contribution in [-0.2, 0) is 13.9 Å². The van der Waals surface area contributed by atoms with Gasteiger partial charge in [-0.1, -0.05) is 45.1 Å². The van der Waals surface area contributed by atoms with Crippen molar-refractivity contribution in [2.75, 3.05) is 6.54 Å². The number of aliphatic hydroxyl groups is 1. The van der Waals surface area contributed by atoms with Gasteiger partial charge in [0, 0.05) is 12.1 Å². The van der Waals surface area contributed by atoms with Crippen LogP contribution >= 0.6 is 15.2 Å². The number of amides is 1. The third kappa shape index (κ3) is 8.91. The standard InChI is InChI=1S/C15H31NO8P2/c1-13(2)14(17)16-12-10-8-6-4-3-5-7-9-11-15(18,25(19,20)21)26(22,23)24/h18H,1,3-12H2,2H3,(H,16,17)(H2,19,20,21)(H2,22,23,24). The molecule has 0 aromatic rings. The first-order valence-electron chi connectivity index (χ1n) is 8.60. The molecular formula is C15H31NO8P2. The fraction of sp³-hybridized carbons (Fsp3) is 0.800. The first-order chi connectivity index (χ1) is 11.8. The van der Waals surface area contributed by atoms with Crippen molar-refractivity contribution >= 4 is 21.1 Å². The Morgan fingerprint density at radius 1 is 0.885 bits per heavy atom. The van der Waals surface area contributed by atoms with Gasteiger partial charge in [0.15, 0.2) is 0 Å². The lowest BCUT2D eigenvalue weighted by Crippen LogP contribution is -2.28. The van der Waals surface area contributed by atoms with Crippen LogP contribution in [0.5, 0.6) is 0 Å². The molecule has 1 amide bonds. The lowest BCUT2D eigenvalue weighted by Gasteiger charge is -2.29. The van der Waals surface area contributed by atoms with Gasteiger partial charge in [0.2, 0.25) is 5.91 Å². The number of carbonyl (C=O) groups excluding carboxylic acids is 1. The molecular weight excluding hydrogens is 384 g/mol. The molecule has 26 heavy (non-hydrogen) atoms. The minimum Gasteiger partial charge on any atom is -0.368 e. The number of carbonyl (C=O) groups is 1. The van der Waals surface area contributed by atoms with Gasteiger partial charge in [-0.05, 0) is 26.2 Å². The number of nitrogens with one attached hydrogen (secondary N) is 1. The van der Waals surface area contributed by atoms with Gasteiger partial charge in [0.25, 0.3) is 5.08 Å². The van der Waals surface area contributed by atoms with Crippen LogP contribution in [0.25, 0.3) is 0 Å². The monoisotopic (exact) mass is 415 g/mol. The van der Waals surface area contributed by atoms with Crippen molar-refractivity contribution in [3.8, 4) is 0 Å². The topological polar surface area (TPSA) is 164 Å². The summed E-state index contributed by atoms with van der Waals surface area (Å²) in [5, 5.41) is 9.17. The number of rotatable bonds is 14. The van der Waals surface area contributed by atoms with Crippen molar-refractivity contribution < 1.29 is 38.6 Å². The predicted octanol–water partition coefficient (Wildman–Crippen LogP) is 2.19. The van der Waals surface area contributed by atoms with Gasteiger partial charge in [-0.2, -0.15) is 0 Å². The highest BCUT2D eigenvalue weighted by atomic mass is 31.2. The minimum atomic E-state index is -5.34. The summed E-state index contributed by atoms with van der Waals surface area (Å²) in [6.07, 6.45) is 5.37. The Kier molecular flexibility index (Phi) is 11.1. The molecule has 0 unspecified atom stereocenters.